The van der Waals surface area contributed by atoms with Crippen LogP contribution in [0.3, 0.4) is 0 Å². The fourth-order valence-electron chi connectivity index (χ4n) is 3.08. The summed E-state index contributed by atoms with van der Waals surface area (Å²) in [4.78, 5) is 32.2. The van der Waals surface area contributed by atoms with Crippen LogP contribution in [0, 0.1) is 27.7 Å². The summed E-state index contributed by atoms with van der Waals surface area (Å²) in [5.74, 6) is -0.104. The number of aromatic nitrogens is 2. The molecule has 0 fully saturated rings. The van der Waals surface area contributed by atoms with Crippen LogP contribution in [0.4, 0.5) is 5.69 Å². The molecule has 2 aromatic heterocycles. The third-order valence-electron chi connectivity index (χ3n) is 4.86. The fourth-order valence-corrected chi connectivity index (χ4v) is 5.12. The van der Waals surface area contributed by atoms with Gasteiger partial charge < -0.3 is 5.32 Å². The van der Waals surface area contributed by atoms with E-state index in [1.807, 2.05) is 59.7 Å². The summed E-state index contributed by atoms with van der Waals surface area (Å²) in [5.41, 5.74) is 3.96. The highest BCUT2D eigenvalue weighted by Gasteiger charge is 2.21. The zero-order valence-electron chi connectivity index (χ0n) is 17.0. The average Bonchev–Trinajstić information content (AvgIpc) is 2.91. The van der Waals surface area contributed by atoms with E-state index in [0.29, 0.717) is 17.1 Å². The molecule has 28 heavy (non-hydrogen) atoms. The van der Waals surface area contributed by atoms with Crippen molar-refractivity contribution in [2.75, 3.05) is 5.32 Å². The summed E-state index contributed by atoms with van der Waals surface area (Å²) in [6, 6.07) is 5.94. The van der Waals surface area contributed by atoms with Gasteiger partial charge >= 0.3 is 0 Å². The number of benzene rings is 1. The molecule has 0 saturated carbocycles. The molecule has 0 radical (unpaired) electrons. The third-order valence-corrected chi connectivity index (χ3v) is 7.05. The van der Waals surface area contributed by atoms with Gasteiger partial charge in [-0.05, 0) is 58.7 Å². The van der Waals surface area contributed by atoms with E-state index >= 15 is 0 Å². The van der Waals surface area contributed by atoms with Crippen molar-refractivity contribution in [1.82, 2.24) is 9.55 Å². The van der Waals surface area contributed by atoms with Gasteiger partial charge in [0.2, 0.25) is 5.91 Å². The molecular weight excluding hydrogens is 390 g/mol. The molecule has 148 valence electrons. The van der Waals surface area contributed by atoms with Crippen LogP contribution in [0.1, 0.15) is 35.4 Å². The van der Waals surface area contributed by atoms with E-state index in [1.165, 1.54) is 23.1 Å². The predicted octanol–water partition coefficient (Wildman–Crippen LogP) is 4.83. The topological polar surface area (TPSA) is 64.0 Å². The van der Waals surface area contributed by atoms with Gasteiger partial charge in [0.05, 0.1) is 10.6 Å². The van der Waals surface area contributed by atoms with Crippen molar-refractivity contribution in [2.24, 2.45) is 0 Å². The highest BCUT2D eigenvalue weighted by molar-refractivity contribution is 8.00. The first-order valence-corrected chi connectivity index (χ1v) is 11.0. The molecule has 5 nitrogen and oxygen atoms in total. The molecular formula is C21H25N3O2S2. The molecule has 1 aromatic carbocycles. The van der Waals surface area contributed by atoms with Gasteiger partial charge in [-0.1, -0.05) is 29.5 Å². The van der Waals surface area contributed by atoms with Crippen molar-refractivity contribution in [2.45, 2.75) is 58.5 Å². The maximum absolute atomic E-state index is 12.9. The smallest absolute Gasteiger partial charge is 0.263 e. The Morgan fingerprint density at radius 1 is 1.29 bits per heavy atom. The van der Waals surface area contributed by atoms with E-state index in [4.69, 9.17) is 4.98 Å². The van der Waals surface area contributed by atoms with Crippen LogP contribution in [0.2, 0.25) is 0 Å². The van der Waals surface area contributed by atoms with Crippen molar-refractivity contribution >= 4 is 44.9 Å². The molecule has 0 aliphatic heterocycles. The van der Waals surface area contributed by atoms with Crippen LogP contribution in [0.15, 0.2) is 28.2 Å². The Bertz CT molecular complexity index is 1120. The quantitative estimate of drug-likeness (QED) is 0.479. The Morgan fingerprint density at radius 3 is 2.64 bits per heavy atom. The van der Waals surface area contributed by atoms with Crippen LogP contribution in [0.25, 0.3) is 10.2 Å². The Morgan fingerprint density at radius 2 is 2.00 bits per heavy atom. The molecule has 0 spiro atoms. The molecule has 1 amide bonds. The highest BCUT2D eigenvalue weighted by atomic mass is 32.2. The van der Waals surface area contributed by atoms with Crippen LogP contribution in [0.5, 0.6) is 0 Å². The number of nitrogens with zero attached hydrogens (tertiary/aromatic N) is 2. The van der Waals surface area contributed by atoms with Gasteiger partial charge in [0.1, 0.15) is 4.83 Å². The number of amides is 1. The van der Waals surface area contributed by atoms with E-state index in [-0.39, 0.29) is 16.7 Å². The van der Waals surface area contributed by atoms with Crippen LogP contribution in [-0.4, -0.2) is 20.7 Å². The first-order chi connectivity index (χ1) is 13.2. The largest absolute Gasteiger partial charge is 0.325 e. The zero-order valence-corrected chi connectivity index (χ0v) is 18.7. The third kappa shape index (κ3) is 3.86. The molecule has 0 bridgehead atoms. The summed E-state index contributed by atoms with van der Waals surface area (Å²) >= 11 is 2.85. The molecule has 0 aliphatic carbocycles. The van der Waals surface area contributed by atoms with Crippen LogP contribution < -0.4 is 10.9 Å². The van der Waals surface area contributed by atoms with Gasteiger partial charge in [0.15, 0.2) is 5.16 Å². The Balaban J connectivity index is 1.88. The predicted molar refractivity (Wildman–Crippen MR) is 119 cm³/mol. The zero-order chi connectivity index (χ0) is 20.6. The van der Waals surface area contributed by atoms with Gasteiger partial charge in [-0.3, -0.25) is 14.2 Å². The summed E-state index contributed by atoms with van der Waals surface area (Å²) in [5, 5.41) is 3.89. The van der Waals surface area contributed by atoms with Gasteiger partial charge in [-0.2, -0.15) is 0 Å². The number of carbonyl (C=O) groups is 1. The minimum atomic E-state index is -0.384. The summed E-state index contributed by atoms with van der Waals surface area (Å²) in [7, 11) is 0. The fraction of sp³-hybridized carbons (Fsp3) is 0.381. The second kappa shape index (κ2) is 8.09. The lowest BCUT2D eigenvalue weighted by molar-refractivity contribution is -0.115. The number of thioether (sulfide) groups is 1. The minimum Gasteiger partial charge on any atom is -0.325 e. The van der Waals surface area contributed by atoms with Gasteiger partial charge in [-0.25, -0.2) is 4.98 Å². The number of anilines is 1. The molecule has 0 unspecified atom stereocenters. The second-order valence-corrected chi connectivity index (χ2v) is 9.49. The lowest BCUT2D eigenvalue weighted by atomic mass is 10.1. The highest BCUT2D eigenvalue weighted by Crippen LogP contribution is 2.30. The number of hydrogen-bond donors (Lipinski definition) is 1. The van der Waals surface area contributed by atoms with E-state index in [1.54, 1.807) is 4.57 Å². The number of carbonyl (C=O) groups excluding carboxylic acids is 1. The van der Waals surface area contributed by atoms with E-state index < -0.39 is 0 Å². The Labute approximate surface area is 173 Å². The van der Waals surface area contributed by atoms with Crippen molar-refractivity contribution in [3.63, 3.8) is 0 Å². The summed E-state index contributed by atoms with van der Waals surface area (Å²) < 4.78 is 1.66. The van der Waals surface area contributed by atoms with Gasteiger partial charge in [-0.15, -0.1) is 11.3 Å². The molecule has 1 atom stereocenters. The van der Waals surface area contributed by atoms with Crippen molar-refractivity contribution in [1.29, 1.82) is 0 Å². The molecule has 7 heteroatoms. The molecule has 0 saturated heterocycles. The van der Waals surface area contributed by atoms with Gasteiger partial charge in [0.25, 0.3) is 5.56 Å². The van der Waals surface area contributed by atoms with Crippen LogP contribution >= 0.6 is 23.1 Å². The monoisotopic (exact) mass is 415 g/mol. The normalized spacial score (nSPS) is 12.4. The number of aryl methyl sites for hydroxylation is 4. The molecule has 3 aromatic rings. The van der Waals surface area contributed by atoms with Crippen molar-refractivity contribution in [3.05, 3.63) is 50.1 Å². The average molecular weight is 416 g/mol. The maximum Gasteiger partial charge on any atom is 0.263 e. The lowest BCUT2D eigenvalue weighted by Gasteiger charge is -2.16. The number of fused-ring (bicyclic) bond motifs is 1. The number of thiophene rings is 1. The minimum absolute atomic E-state index is 0.0289. The number of rotatable bonds is 5. The summed E-state index contributed by atoms with van der Waals surface area (Å²) in [6.07, 6.45) is 0. The molecule has 3 rings (SSSR count). The molecule has 1 N–H and O–H groups in total. The van der Waals surface area contributed by atoms with Crippen LogP contribution in [-0.2, 0) is 11.3 Å². The molecule has 0 aliphatic rings. The number of nitrogens with one attached hydrogen (secondary N) is 1. The number of hydrogen-bond acceptors (Lipinski definition) is 5. The SMILES string of the molecule is CCn1c(S[C@H](C)C(=O)Nc2ccc(C)cc2C)nc2sc(C)c(C)c2c1=O. The first-order valence-electron chi connectivity index (χ1n) is 9.28. The van der Waals surface area contributed by atoms with E-state index in [2.05, 4.69) is 5.32 Å². The van der Waals surface area contributed by atoms with Crippen molar-refractivity contribution < 1.29 is 4.79 Å². The summed E-state index contributed by atoms with van der Waals surface area (Å²) in [6.45, 7) is 12.2. The molecule has 2 heterocycles. The first kappa shape index (κ1) is 20.6. The van der Waals surface area contributed by atoms with E-state index in [9.17, 15) is 9.59 Å². The van der Waals surface area contributed by atoms with Crippen molar-refractivity contribution in [3.8, 4) is 0 Å². The lowest BCUT2D eigenvalue weighted by Crippen LogP contribution is -2.26. The standard InChI is InChI=1S/C21H25N3O2S2/c1-7-24-20(26)17-13(4)14(5)27-19(17)23-21(24)28-15(6)18(25)22-16-9-8-11(2)10-12(16)3/h8-10,15H,7H2,1-6H3,(H,22,25)/t15-/m1/s1. The van der Waals surface area contributed by atoms with E-state index in [0.717, 1.165) is 32.1 Å². The Kier molecular flexibility index (Phi) is 5.95. The second-order valence-electron chi connectivity index (χ2n) is 6.97. The van der Waals surface area contributed by atoms with Gasteiger partial charge in [0, 0.05) is 17.1 Å². The Hall–Kier alpha value is -2.12. The maximum atomic E-state index is 12.9.